The molecule has 1 amide bonds. The van der Waals surface area contributed by atoms with Crippen molar-refractivity contribution in [3.63, 3.8) is 0 Å². The third kappa shape index (κ3) is 1.83. The summed E-state index contributed by atoms with van der Waals surface area (Å²) in [6.45, 7) is 1.64. The molecule has 1 aromatic rings. The monoisotopic (exact) mass is 240 g/mol. The second-order valence-electron chi connectivity index (χ2n) is 3.22. The molecule has 0 saturated heterocycles. The van der Waals surface area contributed by atoms with Crippen LogP contribution >= 0.6 is 11.6 Å². The quantitative estimate of drug-likeness (QED) is 0.724. The number of hydrogen-bond donors (Lipinski definition) is 0. The van der Waals surface area contributed by atoms with Crippen LogP contribution in [0, 0.1) is 0 Å². The molecule has 1 aliphatic heterocycles. The van der Waals surface area contributed by atoms with Crippen molar-refractivity contribution in [1.82, 2.24) is 15.0 Å². The van der Waals surface area contributed by atoms with Gasteiger partial charge in [-0.1, -0.05) is 11.6 Å². The van der Waals surface area contributed by atoms with Crippen molar-refractivity contribution in [3.05, 3.63) is 23.2 Å². The number of hydrogen-bond acceptors (Lipinski definition) is 5. The van der Waals surface area contributed by atoms with Crippen molar-refractivity contribution in [3.8, 4) is 0 Å². The van der Waals surface area contributed by atoms with Crippen LogP contribution in [0.1, 0.15) is 12.6 Å². The van der Waals surface area contributed by atoms with Gasteiger partial charge in [-0.25, -0.2) is 15.0 Å². The van der Waals surface area contributed by atoms with E-state index in [1.807, 2.05) is 0 Å². The topological polar surface area (TPSA) is 67.7 Å². The van der Waals surface area contributed by atoms with E-state index in [9.17, 15) is 4.79 Å². The smallest absolute Gasteiger partial charge is 0.283 e. The lowest BCUT2D eigenvalue weighted by Crippen LogP contribution is -2.40. The summed E-state index contributed by atoms with van der Waals surface area (Å²) in [7, 11) is 1.55. The van der Waals surface area contributed by atoms with Gasteiger partial charge in [-0.3, -0.25) is 4.79 Å². The largest absolute Gasteiger partial charge is 0.462 e. The summed E-state index contributed by atoms with van der Waals surface area (Å²) >= 11 is 5.85. The Balaban J connectivity index is 2.39. The summed E-state index contributed by atoms with van der Waals surface area (Å²) in [5.41, 5.74) is 0.329. The molecule has 2 heterocycles. The second-order valence-corrected chi connectivity index (χ2v) is 3.58. The normalized spacial score (nSPS) is 20.4. The van der Waals surface area contributed by atoms with Gasteiger partial charge in [0.2, 0.25) is 0 Å². The number of rotatable bonds is 1. The third-order valence-corrected chi connectivity index (χ3v) is 2.33. The van der Waals surface area contributed by atoms with Crippen LogP contribution in [0.25, 0.3) is 0 Å². The fraction of sp³-hybridized carbons (Fsp3) is 0.333. The Morgan fingerprint density at radius 1 is 1.44 bits per heavy atom. The molecule has 1 atom stereocenters. The molecule has 84 valence electrons. The number of ether oxygens (including phenoxy) is 1. The van der Waals surface area contributed by atoms with Crippen LogP contribution in [0.2, 0.25) is 5.15 Å². The number of hydrazone groups is 1. The summed E-state index contributed by atoms with van der Waals surface area (Å²) in [5.74, 6) is -0.0172. The van der Waals surface area contributed by atoms with Crippen molar-refractivity contribution in [2.75, 3.05) is 7.05 Å². The highest BCUT2D eigenvalue weighted by Crippen LogP contribution is 2.16. The average molecular weight is 241 g/mol. The minimum Gasteiger partial charge on any atom is -0.462 e. The van der Waals surface area contributed by atoms with Gasteiger partial charge < -0.3 is 4.74 Å². The number of aromatic nitrogens is 2. The zero-order chi connectivity index (χ0) is 11.7. The predicted molar refractivity (Wildman–Crippen MR) is 56.9 cm³/mol. The Hall–Kier alpha value is -1.69. The predicted octanol–water partition coefficient (Wildman–Crippen LogP) is 0.669. The first kappa shape index (κ1) is 10.8. The van der Waals surface area contributed by atoms with E-state index in [2.05, 4.69) is 15.1 Å². The van der Waals surface area contributed by atoms with Crippen LogP contribution < -0.4 is 0 Å². The molecule has 0 bridgehead atoms. The zero-order valence-corrected chi connectivity index (χ0v) is 9.47. The average Bonchev–Trinajstić information content (AvgIpc) is 2.26. The lowest BCUT2D eigenvalue weighted by Gasteiger charge is -2.24. The second kappa shape index (κ2) is 4.05. The van der Waals surface area contributed by atoms with Crippen molar-refractivity contribution in [2.45, 2.75) is 13.0 Å². The van der Waals surface area contributed by atoms with Crippen LogP contribution in [0.3, 0.4) is 0 Å². The Kier molecular flexibility index (Phi) is 2.74. The summed E-state index contributed by atoms with van der Waals surface area (Å²) in [6, 6.07) is 0. The Morgan fingerprint density at radius 2 is 2.12 bits per heavy atom. The molecule has 7 heteroatoms. The first-order valence-corrected chi connectivity index (χ1v) is 4.97. The number of likely N-dealkylation sites (N-methyl/N-ethyl adjacent to an activating group) is 1. The molecular weight excluding hydrogens is 232 g/mol. The molecular formula is C9H9ClN4O2. The van der Waals surface area contributed by atoms with Crippen LogP contribution in [0.5, 0.6) is 0 Å². The third-order valence-electron chi connectivity index (χ3n) is 2.05. The van der Waals surface area contributed by atoms with Gasteiger partial charge in [0, 0.05) is 19.4 Å². The van der Waals surface area contributed by atoms with Crippen LogP contribution in [-0.2, 0) is 9.53 Å². The van der Waals surface area contributed by atoms with Crippen molar-refractivity contribution in [1.29, 1.82) is 0 Å². The minimum atomic E-state index is -0.601. The highest BCUT2D eigenvalue weighted by Gasteiger charge is 2.28. The fourth-order valence-corrected chi connectivity index (χ4v) is 1.44. The van der Waals surface area contributed by atoms with Crippen LogP contribution in [0.15, 0.2) is 17.5 Å². The van der Waals surface area contributed by atoms with Gasteiger partial charge in [-0.05, 0) is 6.92 Å². The van der Waals surface area contributed by atoms with E-state index in [0.29, 0.717) is 5.69 Å². The van der Waals surface area contributed by atoms with Gasteiger partial charge in [-0.15, -0.1) is 5.10 Å². The van der Waals surface area contributed by atoms with Crippen molar-refractivity contribution in [2.24, 2.45) is 5.10 Å². The van der Waals surface area contributed by atoms with Gasteiger partial charge in [0.25, 0.3) is 11.8 Å². The molecule has 1 unspecified atom stereocenters. The minimum absolute atomic E-state index is 0.191. The van der Waals surface area contributed by atoms with Gasteiger partial charge in [-0.2, -0.15) is 0 Å². The Morgan fingerprint density at radius 3 is 2.75 bits per heavy atom. The molecule has 16 heavy (non-hydrogen) atoms. The van der Waals surface area contributed by atoms with Crippen LogP contribution in [0.4, 0.5) is 0 Å². The molecule has 1 aromatic heterocycles. The van der Waals surface area contributed by atoms with E-state index in [-0.39, 0.29) is 17.0 Å². The molecule has 6 nitrogen and oxygen atoms in total. The van der Waals surface area contributed by atoms with E-state index in [1.165, 1.54) is 17.4 Å². The van der Waals surface area contributed by atoms with Gasteiger partial charge in [0.05, 0.1) is 0 Å². The van der Waals surface area contributed by atoms with E-state index >= 15 is 0 Å². The number of halogens is 1. The number of carbonyl (C=O) groups excluding carboxylic acids is 1. The molecule has 0 radical (unpaired) electrons. The molecule has 1 aliphatic rings. The van der Waals surface area contributed by atoms with Gasteiger partial charge in [0.1, 0.15) is 0 Å². The lowest BCUT2D eigenvalue weighted by atomic mass is 10.3. The van der Waals surface area contributed by atoms with Gasteiger partial charge >= 0.3 is 0 Å². The maximum atomic E-state index is 11.4. The first-order chi connectivity index (χ1) is 7.59. The summed E-state index contributed by atoms with van der Waals surface area (Å²) < 4.78 is 5.31. The first-order valence-electron chi connectivity index (χ1n) is 4.59. The lowest BCUT2D eigenvalue weighted by molar-refractivity contribution is -0.139. The molecule has 2 rings (SSSR count). The number of nitrogens with zero attached hydrogens (tertiary/aromatic N) is 4. The zero-order valence-electron chi connectivity index (χ0n) is 8.72. The van der Waals surface area contributed by atoms with Crippen molar-refractivity contribution < 1.29 is 9.53 Å². The molecule has 0 aliphatic carbocycles. The molecule has 0 fully saturated rings. The number of carbonyl (C=O) groups is 1. The van der Waals surface area contributed by atoms with E-state index < -0.39 is 6.10 Å². The number of amides is 1. The van der Waals surface area contributed by atoms with Gasteiger partial charge in [0.15, 0.2) is 17.0 Å². The summed E-state index contributed by atoms with van der Waals surface area (Å²) in [6.07, 6.45) is 2.34. The van der Waals surface area contributed by atoms with E-state index in [0.717, 1.165) is 0 Å². The Bertz CT molecular complexity index is 463. The summed E-state index contributed by atoms with van der Waals surface area (Å²) in [4.78, 5) is 19.3. The fourth-order valence-electron chi connectivity index (χ4n) is 1.26. The molecule has 0 aromatic carbocycles. The highest BCUT2D eigenvalue weighted by atomic mass is 35.5. The van der Waals surface area contributed by atoms with E-state index in [1.54, 1.807) is 14.0 Å². The maximum absolute atomic E-state index is 11.4. The molecule has 0 N–H and O–H groups in total. The molecule has 0 saturated carbocycles. The van der Waals surface area contributed by atoms with Crippen LogP contribution in [-0.4, -0.2) is 39.9 Å². The summed E-state index contributed by atoms with van der Waals surface area (Å²) in [5, 5.41) is 5.33. The van der Waals surface area contributed by atoms with E-state index in [4.69, 9.17) is 16.3 Å². The van der Waals surface area contributed by atoms with Crippen molar-refractivity contribution >= 4 is 23.4 Å². The standard InChI is InChI=1S/C9H9ClN4O2/c1-5-9(15)14(2)13-8(16-5)6-7(10)12-4-3-11-6/h3-5H,1-2H3. The Labute approximate surface area is 96.9 Å². The maximum Gasteiger partial charge on any atom is 0.283 e. The molecule has 0 spiro atoms. The highest BCUT2D eigenvalue weighted by molar-refractivity contribution is 6.32. The SMILES string of the molecule is CC1OC(c2nccnc2Cl)=NN(C)C1=O.